The van der Waals surface area contributed by atoms with Crippen molar-refractivity contribution in [2.75, 3.05) is 19.6 Å². The van der Waals surface area contributed by atoms with Gasteiger partial charge in [0.1, 0.15) is 0 Å². The molecule has 1 aliphatic heterocycles. The Bertz CT molecular complexity index is 207. The summed E-state index contributed by atoms with van der Waals surface area (Å²) in [5.74, 6) is 1.89. The highest BCUT2D eigenvalue weighted by molar-refractivity contribution is 4.85. The van der Waals surface area contributed by atoms with Gasteiger partial charge < -0.3 is 5.32 Å². The summed E-state index contributed by atoms with van der Waals surface area (Å²) in [5.41, 5.74) is 0. The first-order valence-corrected chi connectivity index (χ1v) is 7.14. The van der Waals surface area contributed by atoms with Gasteiger partial charge in [-0.15, -0.1) is 0 Å². The van der Waals surface area contributed by atoms with Crippen LogP contribution in [0.3, 0.4) is 0 Å². The van der Waals surface area contributed by atoms with Crippen molar-refractivity contribution in [1.29, 1.82) is 0 Å². The summed E-state index contributed by atoms with van der Waals surface area (Å²) in [4.78, 5) is 2.73. The predicted octanol–water partition coefficient (Wildman–Crippen LogP) is 2.49. The smallest absolute Gasteiger partial charge is 0.0167 e. The molecule has 2 fully saturated rings. The Kier molecular flexibility index (Phi) is 4.26. The van der Waals surface area contributed by atoms with Crippen molar-refractivity contribution in [1.82, 2.24) is 10.2 Å². The Morgan fingerprint density at radius 3 is 2.38 bits per heavy atom. The lowest BCUT2D eigenvalue weighted by Gasteiger charge is -2.41. The van der Waals surface area contributed by atoms with Crippen molar-refractivity contribution in [2.45, 2.75) is 58.5 Å². The van der Waals surface area contributed by atoms with Crippen LogP contribution < -0.4 is 5.32 Å². The van der Waals surface area contributed by atoms with E-state index in [4.69, 9.17) is 0 Å². The third-order valence-corrected chi connectivity index (χ3v) is 4.60. The van der Waals surface area contributed by atoms with Crippen molar-refractivity contribution in [3.8, 4) is 0 Å². The minimum absolute atomic E-state index is 0.691. The van der Waals surface area contributed by atoms with Gasteiger partial charge >= 0.3 is 0 Å². The van der Waals surface area contributed by atoms with Crippen LogP contribution in [0, 0.1) is 11.8 Å². The van der Waals surface area contributed by atoms with E-state index >= 15 is 0 Å². The third-order valence-electron chi connectivity index (χ3n) is 4.60. The summed E-state index contributed by atoms with van der Waals surface area (Å²) >= 11 is 0. The fraction of sp³-hybridized carbons (Fsp3) is 1.00. The summed E-state index contributed by atoms with van der Waals surface area (Å²) in [5, 5.41) is 3.54. The van der Waals surface area contributed by atoms with Gasteiger partial charge in [-0.25, -0.2) is 0 Å². The quantitative estimate of drug-likeness (QED) is 0.775. The summed E-state index contributed by atoms with van der Waals surface area (Å²) in [6, 6.07) is 1.58. The molecular formula is C14H28N2. The van der Waals surface area contributed by atoms with Crippen molar-refractivity contribution < 1.29 is 0 Å². The average molecular weight is 224 g/mol. The molecule has 16 heavy (non-hydrogen) atoms. The lowest BCUT2D eigenvalue weighted by molar-refractivity contribution is 0.0965. The predicted molar refractivity (Wildman–Crippen MR) is 69.6 cm³/mol. The molecular weight excluding hydrogens is 196 g/mol. The van der Waals surface area contributed by atoms with E-state index in [1.807, 2.05) is 0 Å². The maximum Gasteiger partial charge on any atom is 0.0167 e. The first-order valence-electron chi connectivity index (χ1n) is 7.14. The molecule has 1 heterocycles. The normalized spacial score (nSPS) is 37.9. The molecule has 1 unspecified atom stereocenters. The highest BCUT2D eigenvalue weighted by Gasteiger charge is 2.28. The molecule has 2 heteroatoms. The van der Waals surface area contributed by atoms with Crippen LogP contribution in [0.5, 0.6) is 0 Å². The van der Waals surface area contributed by atoms with Crippen LogP contribution in [0.2, 0.25) is 0 Å². The first-order chi connectivity index (χ1) is 7.66. The number of nitrogens with one attached hydrogen (secondary N) is 1. The second-order valence-corrected chi connectivity index (χ2v) is 6.16. The van der Waals surface area contributed by atoms with E-state index in [9.17, 15) is 0 Å². The van der Waals surface area contributed by atoms with E-state index in [2.05, 4.69) is 31.0 Å². The lowest BCUT2D eigenvalue weighted by atomic mass is 9.79. The molecule has 1 saturated carbocycles. The van der Waals surface area contributed by atoms with E-state index in [1.54, 1.807) is 0 Å². The van der Waals surface area contributed by atoms with E-state index in [-0.39, 0.29) is 0 Å². The number of nitrogens with zero attached hydrogens (tertiary/aromatic N) is 1. The lowest BCUT2D eigenvalue weighted by Crippen LogP contribution is -2.53. The van der Waals surface area contributed by atoms with Crippen LogP contribution in [0.4, 0.5) is 0 Å². The molecule has 0 amide bonds. The number of rotatable bonds is 2. The van der Waals surface area contributed by atoms with Gasteiger partial charge in [0.05, 0.1) is 0 Å². The Balaban J connectivity index is 1.79. The van der Waals surface area contributed by atoms with Gasteiger partial charge in [-0.05, 0) is 44.4 Å². The molecule has 2 rings (SSSR count). The SMILES string of the molecule is CC1CN(C2CCC(C(C)C)CC2)CCN1. The zero-order valence-corrected chi connectivity index (χ0v) is 11.2. The van der Waals surface area contributed by atoms with Gasteiger partial charge in [-0.2, -0.15) is 0 Å². The maximum absolute atomic E-state index is 3.54. The molecule has 1 atom stereocenters. The van der Waals surface area contributed by atoms with Crippen LogP contribution in [0.1, 0.15) is 46.5 Å². The molecule has 0 bridgehead atoms. The highest BCUT2D eigenvalue weighted by atomic mass is 15.2. The van der Waals surface area contributed by atoms with Crippen LogP contribution >= 0.6 is 0 Å². The molecule has 0 aromatic carbocycles. The van der Waals surface area contributed by atoms with Crippen molar-refractivity contribution in [2.24, 2.45) is 11.8 Å². The zero-order chi connectivity index (χ0) is 11.5. The fourth-order valence-corrected chi connectivity index (χ4v) is 3.43. The summed E-state index contributed by atoms with van der Waals surface area (Å²) in [7, 11) is 0. The summed E-state index contributed by atoms with van der Waals surface area (Å²) in [6.07, 6.45) is 5.80. The molecule has 0 aromatic heterocycles. The molecule has 0 spiro atoms. The molecule has 1 N–H and O–H groups in total. The largest absolute Gasteiger partial charge is 0.312 e. The van der Waals surface area contributed by atoms with Crippen LogP contribution in [-0.4, -0.2) is 36.6 Å². The molecule has 0 radical (unpaired) electrons. The zero-order valence-electron chi connectivity index (χ0n) is 11.2. The van der Waals surface area contributed by atoms with Crippen molar-refractivity contribution in [3.05, 3.63) is 0 Å². The highest BCUT2D eigenvalue weighted by Crippen LogP contribution is 2.32. The van der Waals surface area contributed by atoms with E-state index < -0.39 is 0 Å². The van der Waals surface area contributed by atoms with Crippen molar-refractivity contribution in [3.63, 3.8) is 0 Å². The van der Waals surface area contributed by atoms with Gasteiger partial charge in [-0.3, -0.25) is 4.90 Å². The fourth-order valence-electron chi connectivity index (χ4n) is 3.43. The average Bonchev–Trinajstić information content (AvgIpc) is 2.29. The van der Waals surface area contributed by atoms with Crippen LogP contribution in [-0.2, 0) is 0 Å². The molecule has 0 aromatic rings. The molecule has 1 saturated heterocycles. The third kappa shape index (κ3) is 2.98. The first kappa shape index (κ1) is 12.4. The Labute approximate surface area is 101 Å². The van der Waals surface area contributed by atoms with E-state index in [1.165, 1.54) is 45.3 Å². The van der Waals surface area contributed by atoms with E-state index in [0.717, 1.165) is 17.9 Å². The summed E-state index contributed by atoms with van der Waals surface area (Å²) < 4.78 is 0. The van der Waals surface area contributed by atoms with Crippen LogP contribution in [0.15, 0.2) is 0 Å². The topological polar surface area (TPSA) is 15.3 Å². The minimum atomic E-state index is 0.691. The van der Waals surface area contributed by atoms with Crippen LogP contribution in [0.25, 0.3) is 0 Å². The number of piperazine rings is 1. The Morgan fingerprint density at radius 2 is 1.81 bits per heavy atom. The van der Waals surface area contributed by atoms with E-state index in [0.29, 0.717) is 6.04 Å². The van der Waals surface area contributed by atoms with Crippen molar-refractivity contribution >= 4 is 0 Å². The summed E-state index contributed by atoms with van der Waals surface area (Å²) in [6.45, 7) is 10.8. The Morgan fingerprint density at radius 1 is 1.12 bits per heavy atom. The second kappa shape index (κ2) is 5.50. The minimum Gasteiger partial charge on any atom is -0.312 e. The second-order valence-electron chi connectivity index (χ2n) is 6.16. The molecule has 1 aliphatic carbocycles. The standard InChI is InChI=1S/C14H28N2/c1-11(2)13-4-6-14(7-5-13)16-9-8-15-12(3)10-16/h11-15H,4-10H2,1-3H3. The number of hydrogen-bond donors (Lipinski definition) is 1. The van der Waals surface area contributed by atoms with Gasteiger partial charge in [0.2, 0.25) is 0 Å². The maximum atomic E-state index is 3.54. The Hall–Kier alpha value is -0.0800. The molecule has 94 valence electrons. The van der Waals surface area contributed by atoms with Gasteiger partial charge in [0.15, 0.2) is 0 Å². The van der Waals surface area contributed by atoms with Gasteiger partial charge in [-0.1, -0.05) is 13.8 Å². The molecule has 2 aliphatic rings. The monoisotopic (exact) mass is 224 g/mol. The molecule has 2 nitrogen and oxygen atoms in total. The number of hydrogen-bond acceptors (Lipinski definition) is 2. The van der Waals surface area contributed by atoms with Gasteiger partial charge in [0.25, 0.3) is 0 Å². The van der Waals surface area contributed by atoms with Gasteiger partial charge in [0, 0.05) is 31.7 Å².